The van der Waals surface area contributed by atoms with Crippen molar-refractivity contribution < 1.29 is 19.4 Å². The fraction of sp³-hybridized carbons (Fsp3) is 0.435. The van der Waals surface area contributed by atoms with Crippen LogP contribution in [-0.4, -0.2) is 33.1 Å². The van der Waals surface area contributed by atoms with Crippen molar-refractivity contribution in [3.8, 4) is 17.2 Å². The Balaban J connectivity index is 1.34. The lowest BCUT2D eigenvalue weighted by atomic mass is 9.99. The topological polar surface area (TPSA) is 113 Å². The van der Waals surface area contributed by atoms with Gasteiger partial charge < -0.3 is 25.8 Å². The van der Waals surface area contributed by atoms with Crippen LogP contribution in [-0.2, 0) is 11.2 Å². The zero-order valence-corrected chi connectivity index (χ0v) is 17.8. The summed E-state index contributed by atoms with van der Waals surface area (Å²) in [6, 6.07) is 6.77. The lowest BCUT2D eigenvalue weighted by molar-refractivity contribution is -0.116. The molecule has 2 aliphatic carbocycles. The van der Waals surface area contributed by atoms with E-state index in [1.165, 1.54) is 0 Å². The number of phenolic OH excluding ortho intramolecular Hbond substituents is 1. The molecule has 5 rings (SSSR count). The van der Waals surface area contributed by atoms with E-state index in [-0.39, 0.29) is 34.7 Å². The largest absolute Gasteiger partial charge is 0.508 e. The van der Waals surface area contributed by atoms with Crippen molar-refractivity contribution >= 4 is 17.8 Å². The molecule has 2 heterocycles. The molecule has 8 heteroatoms. The molecule has 0 radical (unpaired) electrons. The summed E-state index contributed by atoms with van der Waals surface area (Å²) in [5.74, 6) is 2.33. The summed E-state index contributed by atoms with van der Waals surface area (Å²) >= 11 is 0. The van der Waals surface area contributed by atoms with Crippen LogP contribution in [0, 0.1) is 5.92 Å². The standard InChI is InChI=1S/C23H26N4O4/c1-22(2,3)26-21(30)27-23-11-15(23)19(23)14-10-12(4-6-16(14)28)31-17-8-9-24-20-13(17)5-7-18(29)25-20/h4,6,8-10,15,19,28H,5,7,11H2,1-3H3,(H,24,25,29)(H2,26,27,30)/t15-,19+,23-/m0/s1. The fourth-order valence-electron chi connectivity index (χ4n) is 4.53. The molecule has 1 aromatic heterocycles. The smallest absolute Gasteiger partial charge is 0.315 e. The molecule has 3 aliphatic rings. The number of carbonyl (C=O) groups excluding carboxylic acids is 2. The Morgan fingerprint density at radius 1 is 1.29 bits per heavy atom. The van der Waals surface area contributed by atoms with Crippen LogP contribution in [0.1, 0.15) is 50.7 Å². The average molecular weight is 422 g/mol. The Bertz CT molecular complexity index is 1090. The van der Waals surface area contributed by atoms with Crippen molar-refractivity contribution in [2.24, 2.45) is 5.92 Å². The SMILES string of the molecule is CC(C)(C)NC(=O)N[C@@]12C[C@H]1[C@H]2c1cc(Oc2ccnc3c2CCC(=O)N3)ccc1O. The molecule has 162 valence electrons. The van der Waals surface area contributed by atoms with Gasteiger partial charge in [-0.05, 0) is 63.8 Å². The molecule has 0 spiro atoms. The number of rotatable bonds is 4. The Labute approximate surface area is 180 Å². The number of pyridine rings is 1. The lowest BCUT2D eigenvalue weighted by Crippen LogP contribution is -2.49. The number of carbonyl (C=O) groups is 2. The highest BCUT2D eigenvalue weighted by Crippen LogP contribution is 2.77. The van der Waals surface area contributed by atoms with Gasteiger partial charge in [-0.2, -0.15) is 0 Å². The molecule has 2 aromatic rings. The highest BCUT2D eigenvalue weighted by atomic mass is 16.5. The van der Waals surface area contributed by atoms with E-state index in [0.29, 0.717) is 36.1 Å². The maximum absolute atomic E-state index is 12.3. The minimum absolute atomic E-state index is 0.0506. The maximum Gasteiger partial charge on any atom is 0.315 e. The van der Waals surface area contributed by atoms with Gasteiger partial charge in [0, 0.05) is 35.2 Å². The second kappa shape index (κ2) is 6.60. The summed E-state index contributed by atoms with van der Waals surface area (Å²) in [5.41, 5.74) is 1.06. The van der Waals surface area contributed by atoms with Crippen LogP contribution in [0.4, 0.5) is 10.6 Å². The molecule has 3 atom stereocenters. The van der Waals surface area contributed by atoms with E-state index in [1.807, 2.05) is 26.8 Å². The van der Waals surface area contributed by atoms with E-state index in [4.69, 9.17) is 4.74 Å². The number of nitrogens with zero attached hydrogens (tertiary/aromatic N) is 1. The Morgan fingerprint density at radius 3 is 2.84 bits per heavy atom. The zero-order chi connectivity index (χ0) is 22.0. The van der Waals surface area contributed by atoms with Gasteiger partial charge in [-0.15, -0.1) is 0 Å². The Morgan fingerprint density at radius 2 is 2.10 bits per heavy atom. The quantitative estimate of drug-likeness (QED) is 0.603. The summed E-state index contributed by atoms with van der Waals surface area (Å²) in [5, 5.41) is 19.3. The Hall–Kier alpha value is -3.29. The van der Waals surface area contributed by atoms with Gasteiger partial charge in [-0.1, -0.05) is 0 Å². The maximum atomic E-state index is 12.3. The molecule has 31 heavy (non-hydrogen) atoms. The monoisotopic (exact) mass is 422 g/mol. The molecule has 0 saturated heterocycles. The number of phenols is 1. The molecular formula is C23H26N4O4. The number of ether oxygens (including phenoxy) is 1. The molecule has 0 bridgehead atoms. The molecule has 4 N–H and O–H groups in total. The number of nitrogens with one attached hydrogen (secondary N) is 3. The molecule has 1 aliphatic heterocycles. The Kier molecular flexibility index (Phi) is 4.19. The van der Waals surface area contributed by atoms with Crippen molar-refractivity contribution in [1.29, 1.82) is 0 Å². The normalized spacial score (nSPS) is 25.6. The zero-order valence-electron chi connectivity index (χ0n) is 17.8. The molecule has 3 amide bonds. The van der Waals surface area contributed by atoms with E-state index in [1.54, 1.807) is 24.4 Å². The van der Waals surface area contributed by atoms with Gasteiger partial charge in [0.05, 0.1) is 5.54 Å². The minimum atomic E-state index is -0.311. The van der Waals surface area contributed by atoms with Crippen molar-refractivity contribution in [3.63, 3.8) is 0 Å². The summed E-state index contributed by atoms with van der Waals surface area (Å²) in [6.07, 6.45) is 3.47. The van der Waals surface area contributed by atoms with Crippen LogP contribution >= 0.6 is 0 Å². The van der Waals surface area contributed by atoms with Crippen LogP contribution in [0.2, 0.25) is 0 Å². The molecule has 2 fully saturated rings. The number of aromatic hydroxyl groups is 1. The van der Waals surface area contributed by atoms with Crippen LogP contribution in [0.5, 0.6) is 17.2 Å². The van der Waals surface area contributed by atoms with E-state index >= 15 is 0 Å². The third-order valence-corrected chi connectivity index (χ3v) is 6.18. The van der Waals surface area contributed by atoms with Gasteiger partial charge in [0.25, 0.3) is 0 Å². The predicted octanol–water partition coefficient (Wildman–Crippen LogP) is 3.42. The first kappa shape index (κ1) is 19.7. The van der Waals surface area contributed by atoms with Gasteiger partial charge in [0.2, 0.25) is 5.91 Å². The fourth-order valence-corrected chi connectivity index (χ4v) is 4.53. The summed E-state index contributed by atoms with van der Waals surface area (Å²) in [4.78, 5) is 28.2. The van der Waals surface area contributed by atoms with Crippen LogP contribution < -0.4 is 20.7 Å². The summed E-state index contributed by atoms with van der Waals surface area (Å²) in [6.45, 7) is 5.82. The number of hydrogen-bond donors (Lipinski definition) is 4. The highest BCUT2D eigenvalue weighted by Gasteiger charge is 2.80. The third-order valence-electron chi connectivity index (χ3n) is 6.18. The number of amides is 3. The molecular weight excluding hydrogens is 396 g/mol. The van der Waals surface area contributed by atoms with Gasteiger partial charge in [0.15, 0.2) is 0 Å². The summed E-state index contributed by atoms with van der Waals surface area (Å²) in [7, 11) is 0. The lowest BCUT2D eigenvalue weighted by Gasteiger charge is -2.23. The van der Waals surface area contributed by atoms with E-state index in [9.17, 15) is 14.7 Å². The second-order valence-electron chi connectivity index (χ2n) is 9.66. The van der Waals surface area contributed by atoms with Crippen molar-refractivity contribution in [2.75, 3.05) is 5.32 Å². The molecule has 0 unspecified atom stereocenters. The van der Waals surface area contributed by atoms with Crippen LogP contribution in [0.3, 0.4) is 0 Å². The van der Waals surface area contributed by atoms with Gasteiger partial charge in [-0.3, -0.25) is 4.79 Å². The summed E-state index contributed by atoms with van der Waals surface area (Å²) < 4.78 is 6.11. The van der Waals surface area contributed by atoms with Crippen LogP contribution in [0.15, 0.2) is 30.5 Å². The number of urea groups is 1. The third kappa shape index (κ3) is 3.56. The molecule has 8 nitrogen and oxygen atoms in total. The van der Waals surface area contributed by atoms with Crippen molar-refractivity contribution in [2.45, 2.75) is 57.0 Å². The van der Waals surface area contributed by atoms with Gasteiger partial charge in [-0.25, -0.2) is 9.78 Å². The first-order valence-corrected chi connectivity index (χ1v) is 10.6. The van der Waals surface area contributed by atoms with E-state index in [0.717, 1.165) is 17.5 Å². The number of fused-ring (bicyclic) bond motifs is 2. The first-order chi connectivity index (χ1) is 14.7. The highest BCUT2D eigenvalue weighted by molar-refractivity contribution is 5.93. The van der Waals surface area contributed by atoms with Crippen molar-refractivity contribution in [1.82, 2.24) is 15.6 Å². The first-order valence-electron chi connectivity index (χ1n) is 10.6. The van der Waals surface area contributed by atoms with Gasteiger partial charge in [0.1, 0.15) is 23.1 Å². The van der Waals surface area contributed by atoms with E-state index in [2.05, 4.69) is 20.9 Å². The second-order valence-corrected chi connectivity index (χ2v) is 9.66. The van der Waals surface area contributed by atoms with Crippen molar-refractivity contribution in [3.05, 3.63) is 41.6 Å². The minimum Gasteiger partial charge on any atom is -0.508 e. The van der Waals surface area contributed by atoms with Gasteiger partial charge >= 0.3 is 6.03 Å². The van der Waals surface area contributed by atoms with Crippen LogP contribution in [0.25, 0.3) is 0 Å². The average Bonchev–Trinajstić information content (AvgIpc) is 3.52. The predicted molar refractivity (Wildman–Crippen MR) is 114 cm³/mol. The molecule has 2 saturated carbocycles. The number of anilines is 1. The number of hydrogen-bond acceptors (Lipinski definition) is 5. The molecule has 1 aromatic carbocycles. The number of benzene rings is 1. The van der Waals surface area contributed by atoms with E-state index < -0.39 is 0 Å². The number of aromatic nitrogens is 1.